The molecule has 4 nitrogen and oxygen atoms in total. The van der Waals surface area contributed by atoms with Crippen LogP contribution in [0.15, 0.2) is 132 Å². The van der Waals surface area contributed by atoms with Crippen molar-refractivity contribution in [1.29, 1.82) is 0 Å². The van der Waals surface area contributed by atoms with Gasteiger partial charge < -0.3 is 8.98 Å². The van der Waals surface area contributed by atoms with Crippen LogP contribution < -0.4 is 0 Å². The second-order valence-corrected chi connectivity index (χ2v) is 10.8. The number of fused-ring (bicyclic) bond motifs is 10. The van der Waals surface area contributed by atoms with Crippen LogP contribution in [0.3, 0.4) is 0 Å². The van der Waals surface area contributed by atoms with Crippen molar-refractivity contribution in [2.75, 3.05) is 0 Å². The summed E-state index contributed by atoms with van der Waals surface area (Å²) in [5.74, 6) is 0. The van der Waals surface area contributed by atoms with E-state index in [4.69, 9.17) is 9.40 Å². The molecule has 0 fully saturated rings. The molecule has 0 aliphatic heterocycles. The predicted molar refractivity (Wildman–Crippen MR) is 168 cm³/mol. The van der Waals surface area contributed by atoms with Crippen LogP contribution in [-0.2, 0) is 0 Å². The minimum atomic E-state index is 0.906. The zero-order chi connectivity index (χ0) is 26.7. The molecule has 0 N–H and O–H groups in total. The van der Waals surface area contributed by atoms with Gasteiger partial charge in [0.05, 0.1) is 33.1 Å². The fourth-order valence-electron chi connectivity index (χ4n) is 6.97. The van der Waals surface area contributed by atoms with Gasteiger partial charge in [0.2, 0.25) is 0 Å². The Balaban J connectivity index is 1.36. The normalized spacial score (nSPS) is 12.4. The van der Waals surface area contributed by atoms with Gasteiger partial charge in [-0.15, -0.1) is 0 Å². The molecule has 5 aromatic carbocycles. The molecule has 0 bridgehead atoms. The topological polar surface area (TPSA) is 35.4 Å². The van der Waals surface area contributed by atoms with Crippen LogP contribution in [0.5, 0.6) is 0 Å². The molecule has 5 heterocycles. The maximum Gasteiger partial charge on any atom is 0.138 e. The van der Waals surface area contributed by atoms with Gasteiger partial charge in [0.25, 0.3) is 0 Å². The molecule has 0 unspecified atom stereocenters. The molecule has 0 saturated heterocycles. The Bertz CT molecular complexity index is 2640. The summed E-state index contributed by atoms with van der Waals surface area (Å²) in [6.07, 6.45) is 0. The molecule has 41 heavy (non-hydrogen) atoms. The van der Waals surface area contributed by atoms with E-state index >= 15 is 0 Å². The lowest BCUT2D eigenvalue weighted by atomic mass is 10.1. The van der Waals surface area contributed by atoms with Gasteiger partial charge in [0, 0.05) is 38.2 Å². The Morgan fingerprint density at radius 2 is 1.27 bits per heavy atom. The van der Waals surface area contributed by atoms with E-state index < -0.39 is 0 Å². The van der Waals surface area contributed by atoms with Gasteiger partial charge in [-0.1, -0.05) is 78.9 Å². The van der Waals surface area contributed by atoms with E-state index in [1.165, 1.54) is 38.1 Å². The van der Waals surface area contributed by atoms with Gasteiger partial charge in [0.15, 0.2) is 0 Å². The highest BCUT2D eigenvalue weighted by Crippen LogP contribution is 2.42. The summed E-state index contributed by atoms with van der Waals surface area (Å²) >= 11 is 0. The van der Waals surface area contributed by atoms with Crippen LogP contribution in [0, 0.1) is 0 Å². The number of hydrogen-bond acceptors (Lipinski definition) is 2. The minimum absolute atomic E-state index is 0.906. The van der Waals surface area contributed by atoms with Gasteiger partial charge in [-0.25, -0.2) is 4.98 Å². The second-order valence-electron chi connectivity index (χ2n) is 10.8. The molecule has 190 valence electrons. The number of pyridine rings is 1. The molecule has 0 aliphatic rings. The number of nitrogens with zero attached hydrogens (tertiary/aromatic N) is 3. The standard InChI is InChI=1S/C37H21N3O/c1-2-9-22(10-3-1)35-37-26-18-17-23(21-28(26)30-14-8-16-33(38-35)40(30)37)39-29-13-6-4-11-24(29)25-19-20-32-34(36(25)39)27-12-5-7-15-31(27)41-32/h1-21H. The maximum absolute atomic E-state index is 6.32. The van der Waals surface area contributed by atoms with Crippen LogP contribution in [0.2, 0.25) is 0 Å². The molecule has 4 heteroatoms. The monoisotopic (exact) mass is 523 g/mol. The average Bonchev–Trinajstić information content (AvgIpc) is 3.77. The number of aromatic nitrogens is 3. The highest BCUT2D eigenvalue weighted by atomic mass is 16.3. The summed E-state index contributed by atoms with van der Waals surface area (Å²) in [5.41, 5.74) is 10.8. The van der Waals surface area contributed by atoms with Crippen molar-refractivity contribution in [2.45, 2.75) is 0 Å². The minimum Gasteiger partial charge on any atom is -0.456 e. The van der Waals surface area contributed by atoms with Crippen molar-refractivity contribution >= 4 is 71.2 Å². The second kappa shape index (κ2) is 7.52. The summed E-state index contributed by atoms with van der Waals surface area (Å²) in [4.78, 5) is 5.05. The first kappa shape index (κ1) is 21.2. The van der Waals surface area contributed by atoms with Crippen molar-refractivity contribution in [3.63, 3.8) is 0 Å². The van der Waals surface area contributed by atoms with E-state index in [1.807, 2.05) is 6.07 Å². The molecule has 0 spiro atoms. The van der Waals surface area contributed by atoms with Gasteiger partial charge in [0.1, 0.15) is 16.8 Å². The Kier molecular flexibility index (Phi) is 3.90. The summed E-state index contributed by atoms with van der Waals surface area (Å²) in [5, 5.41) is 7.18. The lowest BCUT2D eigenvalue weighted by Gasteiger charge is -2.09. The van der Waals surface area contributed by atoms with Crippen molar-refractivity contribution < 1.29 is 4.42 Å². The molecule has 0 amide bonds. The molecule has 0 saturated carbocycles. The zero-order valence-corrected chi connectivity index (χ0v) is 21.9. The average molecular weight is 524 g/mol. The van der Waals surface area contributed by atoms with Gasteiger partial charge in [-0.05, 0) is 48.5 Å². The molecule has 10 rings (SSSR count). The van der Waals surface area contributed by atoms with Crippen LogP contribution >= 0.6 is 0 Å². The third kappa shape index (κ3) is 2.66. The van der Waals surface area contributed by atoms with Gasteiger partial charge >= 0.3 is 0 Å². The van der Waals surface area contributed by atoms with Crippen LogP contribution in [-0.4, -0.2) is 14.0 Å². The maximum atomic E-state index is 6.32. The molecule has 0 radical (unpaired) electrons. The van der Waals surface area contributed by atoms with E-state index in [1.54, 1.807) is 0 Å². The molecule has 0 atom stereocenters. The molecule has 10 aromatic rings. The fraction of sp³-hybridized carbons (Fsp3) is 0. The van der Waals surface area contributed by atoms with Crippen molar-refractivity contribution in [2.24, 2.45) is 0 Å². The molecule has 0 aliphatic carbocycles. The highest BCUT2D eigenvalue weighted by Gasteiger charge is 2.22. The van der Waals surface area contributed by atoms with Crippen LogP contribution in [0.25, 0.3) is 88.1 Å². The highest BCUT2D eigenvalue weighted by molar-refractivity contribution is 6.24. The summed E-state index contributed by atoms with van der Waals surface area (Å²) in [7, 11) is 0. The van der Waals surface area contributed by atoms with Crippen molar-refractivity contribution in [3.8, 4) is 16.9 Å². The first-order valence-electron chi connectivity index (χ1n) is 13.9. The lowest BCUT2D eigenvalue weighted by Crippen LogP contribution is -1.94. The Labute approximate surface area is 233 Å². The lowest BCUT2D eigenvalue weighted by molar-refractivity contribution is 0.669. The largest absolute Gasteiger partial charge is 0.456 e. The van der Waals surface area contributed by atoms with Crippen molar-refractivity contribution in [3.05, 3.63) is 127 Å². The van der Waals surface area contributed by atoms with E-state index in [2.05, 4.69) is 130 Å². The fourth-order valence-corrected chi connectivity index (χ4v) is 6.97. The molecular formula is C37H21N3O. The summed E-state index contributed by atoms with van der Waals surface area (Å²) in [6.45, 7) is 0. The van der Waals surface area contributed by atoms with Crippen LogP contribution in [0.4, 0.5) is 0 Å². The van der Waals surface area contributed by atoms with E-state index in [0.29, 0.717) is 0 Å². The first-order valence-corrected chi connectivity index (χ1v) is 13.9. The third-order valence-electron chi connectivity index (χ3n) is 8.66. The number of furan rings is 1. The van der Waals surface area contributed by atoms with E-state index in [-0.39, 0.29) is 0 Å². The SMILES string of the molecule is c1ccc(-c2nc3cccc4c5cc(-n6c7ccccc7c7ccc8oc9ccccc9c8c76)ccc5c2n34)cc1. The Morgan fingerprint density at radius 3 is 2.20 bits per heavy atom. The Hall–Kier alpha value is -5.61. The van der Waals surface area contributed by atoms with Crippen LogP contribution in [0.1, 0.15) is 0 Å². The first-order chi connectivity index (χ1) is 20.3. The zero-order valence-electron chi connectivity index (χ0n) is 21.9. The van der Waals surface area contributed by atoms with E-state index in [0.717, 1.165) is 50.0 Å². The summed E-state index contributed by atoms with van der Waals surface area (Å²) in [6, 6.07) is 45.1. The molecule has 5 aromatic heterocycles. The number of rotatable bonds is 2. The smallest absolute Gasteiger partial charge is 0.138 e. The van der Waals surface area contributed by atoms with Crippen molar-refractivity contribution in [1.82, 2.24) is 14.0 Å². The predicted octanol–water partition coefficient (Wildman–Crippen LogP) is 9.74. The van der Waals surface area contributed by atoms with Gasteiger partial charge in [-0.3, -0.25) is 4.40 Å². The number of benzene rings is 5. The summed E-state index contributed by atoms with van der Waals surface area (Å²) < 4.78 is 11.0. The Morgan fingerprint density at radius 1 is 0.512 bits per heavy atom. The third-order valence-corrected chi connectivity index (χ3v) is 8.66. The number of para-hydroxylation sites is 2. The van der Waals surface area contributed by atoms with E-state index in [9.17, 15) is 0 Å². The molecular weight excluding hydrogens is 502 g/mol. The number of imidazole rings is 1. The number of hydrogen-bond donors (Lipinski definition) is 0. The quantitative estimate of drug-likeness (QED) is 0.226. The van der Waals surface area contributed by atoms with Gasteiger partial charge in [-0.2, -0.15) is 0 Å².